The van der Waals surface area contributed by atoms with E-state index in [-0.39, 0.29) is 6.04 Å². The number of halogens is 1. The van der Waals surface area contributed by atoms with Gasteiger partial charge in [-0.15, -0.1) is 0 Å². The third-order valence-corrected chi connectivity index (χ3v) is 4.32. The van der Waals surface area contributed by atoms with Gasteiger partial charge in [0.1, 0.15) is 0 Å². The second-order valence-electron chi connectivity index (χ2n) is 5.72. The molecule has 0 saturated heterocycles. The lowest BCUT2D eigenvalue weighted by Crippen LogP contribution is -2.37. The summed E-state index contributed by atoms with van der Waals surface area (Å²) in [5.41, 5.74) is 4.03. The fourth-order valence-electron chi connectivity index (χ4n) is 3.40. The highest BCUT2D eigenvalue weighted by atomic mass is 35.5. The van der Waals surface area contributed by atoms with E-state index in [0.717, 1.165) is 17.4 Å². The molecule has 0 bridgehead atoms. The van der Waals surface area contributed by atoms with Gasteiger partial charge in [0.05, 0.1) is 11.1 Å². The first-order chi connectivity index (χ1) is 8.61. The number of hydrazine groups is 1. The maximum Gasteiger partial charge on any atom is 0.0637 e. The molecule has 3 N–H and O–H groups in total. The van der Waals surface area contributed by atoms with Gasteiger partial charge >= 0.3 is 0 Å². The molecule has 0 aliphatic heterocycles. The zero-order chi connectivity index (χ0) is 13.1. The van der Waals surface area contributed by atoms with E-state index in [1.165, 1.54) is 19.3 Å². The predicted molar refractivity (Wildman–Crippen MR) is 75.0 cm³/mol. The number of hydrogen-bond donors (Lipinski definition) is 2. The molecule has 1 saturated carbocycles. The molecule has 1 aliphatic rings. The molecule has 2 rings (SSSR count). The highest BCUT2D eigenvalue weighted by molar-refractivity contribution is 6.31. The van der Waals surface area contributed by atoms with E-state index in [1.807, 2.05) is 6.07 Å². The second kappa shape index (κ2) is 6.00. The summed E-state index contributed by atoms with van der Waals surface area (Å²) in [5.74, 6) is 7.83. The van der Waals surface area contributed by atoms with Gasteiger partial charge in [-0.1, -0.05) is 25.4 Å². The van der Waals surface area contributed by atoms with Crippen LogP contribution in [0.15, 0.2) is 18.5 Å². The number of rotatable bonds is 3. The first-order valence-corrected chi connectivity index (χ1v) is 7.05. The van der Waals surface area contributed by atoms with Crippen molar-refractivity contribution in [1.29, 1.82) is 0 Å². The molecule has 3 atom stereocenters. The lowest BCUT2D eigenvalue weighted by molar-refractivity contribution is 0.177. The summed E-state index contributed by atoms with van der Waals surface area (Å²) >= 11 is 6.23. The van der Waals surface area contributed by atoms with Gasteiger partial charge in [-0.25, -0.2) is 0 Å². The molecule has 0 aromatic carbocycles. The third kappa shape index (κ3) is 3.02. The van der Waals surface area contributed by atoms with E-state index < -0.39 is 0 Å². The van der Waals surface area contributed by atoms with Crippen LogP contribution < -0.4 is 11.3 Å². The molecule has 0 amide bonds. The summed E-state index contributed by atoms with van der Waals surface area (Å²) in [5, 5.41) is 0.700. The minimum Gasteiger partial charge on any atom is -0.271 e. The average molecular weight is 268 g/mol. The van der Waals surface area contributed by atoms with Crippen molar-refractivity contribution in [3.63, 3.8) is 0 Å². The van der Waals surface area contributed by atoms with Crippen LogP contribution in [-0.4, -0.2) is 4.98 Å². The Balaban J connectivity index is 2.20. The minimum atomic E-state index is 0.130. The van der Waals surface area contributed by atoms with Gasteiger partial charge in [0.25, 0.3) is 0 Å². The fourth-order valence-corrected chi connectivity index (χ4v) is 3.64. The lowest BCUT2D eigenvalue weighted by atomic mass is 9.72. The number of nitrogens with zero attached hydrogens (tertiary/aromatic N) is 1. The standard InChI is InChI=1S/C14H22ClN3/c1-9-5-10(2)7-11(6-9)14(18-16)12-3-4-17-8-13(12)15/h3-4,8-11,14,18H,5-7,16H2,1-2H3. The van der Waals surface area contributed by atoms with E-state index in [9.17, 15) is 0 Å². The highest BCUT2D eigenvalue weighted by Gasteiger charge is 2.31. The lowest BCUT2D eigenvalue weighted by Gasteiger charge is -2.36. The summed E-state index contributed by atoms with van der Waals surface area (Å²) in [7, 11) is 0. The molecule has 18 heavy (non-hydrogen) atoms. The van der Waals surface area contributed by atoms with Crippen LogP contribution in [0.4, 0.5) is 0 Å². The van der Waals surface area contributed by atoms with Crippen LogP contribution in [0.1, 0.15) is 44.7 Å². The highest BCUT2D eigenvalue weighted by Crippen LogP contribution is 2.40. The monoisotopic (exact) mass is 267 g/mol. The van der Waals surface area contributed by atoms with E-state index in [4.69, 9.17) is 17.4 Å². The van der Waals surface area contributed by atoms with E-state index in [0.29, 0.717) is 10.9 Å². The number of pyridine rings is 1. The Morgan fingerprint density at radius 2 is 2.00 bits per heavy atom. The maximum absolute atomic E-state index is 6.23. The Kier molecular flexibility index (Phi) is 4.60. The molecule has 3 unspecified atom stereocenters. The Hall–Kier alpha value is -0.640. The molecular weight excluding hydrogens is 246 g/mol. The SMILES string of the molecule is CC1CC(C)CC(C(NN)c2ccncc2Cl)C1. The Bertz CT molecular complexity index is 386. The second-order valence-corrected chi connectivity index (χ2v) is 6.13. The topological polar surface area (TPSA) is 50.9 Å². The normalized spacial score (nSPS) is 30.1. The van der Waals surface area contributed by atoms with Gasteiger partial charge in [-0.3, -0.25) is 16.3 Å². The molecule has 3 nitrogen and oxygen atoms in total. The molecule has 1 heterocycles. The predicted octanol–water partition coefficient (Wildman–Crippen LogP) is 3.31. The van der Waals surface area contributed by atoms with Crippen molar-refractivity contribution in [3.05, 3.63) is 29.0 Å². The summed E-state index contributed by atoms with van der Waals surface area (Å²) in [6, 6.07) is 2.10. The van der Waals surface area contributed by atoms with Crippen LogP contribution in [0.5, 0.6) is 0 Å². The van der Waals surface area contributed by atoms with Crippen LogP contribution in [0.25, 0.3) is 0 Å². The van der Waals surface area contributed by atoms with Crippen molar-refractivity contribution >= 4 is 11.6 Å². The van der Waals surface area contributed by atoms with Crippen LogP contribution in [0, 0.1) is 17.8 Å². The molecule has 1 aromatic heterocycles. The van der Waals surface area contributed by atoms with Crippen LogP contribution in [0.3, 0.4) is 0 Å². The van der Waals surface area contributed by atoms with Gasteiger partial charge in [-0.05, 0) is 48.6 Å². The molecule has 1 aliphatic carbocycles. The largest absolute Gasteiger partial charge is 0.271 e. The van der Waals surface area contributed by atoms with Crippen molar-refractivity contribution in [2.24, 2.45) is 23.6 Å². The molecule has 4 heteroatoms. The van der Waals surface area contributed by atoms with Gasteiger partial charge in [0, 0.05) is 12.4 Å². The van der Waals surface area contributed by atoms with Crippen molar-refractivity contribution in [1.82, 2.24) is 10.4 Å². The quantitative estimate of drug-likeness (QED) is 0.653. The molecule has 100 valence electrons. The fraction of sp³-hybridized carbons (Fsp3) is 0.643. The van der Waals surface area contributed by atoms with Crippen LogP contribution >= 0.6 is 11.6 Å². The van der Waals surface area contributed by atoms with Crippen molar-refractivity contribution in [2.75, 3.05) is 0 Å². The molecular formula is C14H22ClN3. The maximum atomic E-state index is 6.23. The van der Waals surface area contributed by atoms with E-state index in [2.05, 4.69) is 24.3 Å². The summed E-state index contributed by atoms with van der Waals surface area (Å²) < 4.78 is 0. The average Bonchev–Trinajstić information content (AvgIpc) is 2.31. The van der Waals surface area contributed by atoms with Crippen LogP contribution in [0.2, 0.25) is 5.02 Å². The Morgan fingerprint density at radius 1 is 1.33 bits per heavy atom. The molecule has 1 fully saturated rings. The number of hydrogen-bond acceptors (Lipinski definition) is 3. The molecule has 0 spiro atoms. The zero-order valence-electron chi connectivity index (χ0n) is 11.1. The summed E-state index contributed by atoms with van der Waals surface area (Å²) in [6.45, 7) is 4.65. The summed E-state index contributed by atoms with van der Waals surface area (Å²) in [6.07, 6.45) is 7.20. The van der Waals surface area contributed by atoms with Crippen molar-refractivity contribution in [3.8, 4) is 0 Å². The summed E-state index contributed by atoms with van der Waals surface area (Å²) in [4.78, 5) is 4.04. The Labute approximate surface area is 114 Å². The van der Waals surface area contributed by atoms with Crippen LogP contribution in [-0.2, 0) is 0 Å². The molecule has 0 radical (unpaired) electrons. The van der Waals surface area contributed by atoms with Crippen molar-refractivity contribution < 1.29 is 0 Å². The number of nitrogens with two attached hydrogens (primary N) is 1. The van der Waals surface area contributed by atoms with Gasteiger partial charge < -0.3 is 0 Å². The van der Waals surface area contributed by atoms with E-state index in [1.54, 1.807) is 12.4 Å². The smallest absolute Gasteiger partial charge is 0.0637 e. The Morgan fingerprint density at radius 3 is 2.56 bits per heavy atom. The first-order valence-electron chi connectivity index (χ1n) is 6.67. The number of aromatic nitrogens is 1. The minimum absolute atomic E-state index is 0.130. The van der Waals surface area contributed by atoms with Crippen molar-refractivity contribution in [2.45, 2.75) is 39.2 Å². The zero-order valence-corrected chi connectivity index (χ0v) is 11.8. The number of nitrogens with one attached hydrogen (secondary N) is 1. The van der Waals surface area contributed by atoms with E-state index >= 15 is 0 Å². The molecule has 1 aromatic rings. The van der Waals surface area contributed by atoms with Gasteiger partial charge in [0.2, 0.25) is 0 Å². The third-order valence-electron chi connectivity index (χ3n) is 4.00. The van der Waals surface area contributed by atoms with Gasteiger partial charge in [0.15, 0.2) is 0 Å². The first kappa shape index (κ1) is 13.8. The van der Waals surface area contributed by atoms with Gasteiger partial charge in [-0.2, -0.15) is 0 Å².